The van der Waals surface area contributed by atoms with Crippen molar-refractivity contribution < 1.29 is 35.6 Å². The van der Waals surface area contributed by atoms with Crippen LogP contribution < -0.4 is 9.47 Å². The van der Waals surface area contributed by atoms with Crippen LogP contribution in [0.25, 0.3) is 0 Å². The summed E-state index contributed by atoms with van der Waals surface area (Å²) in [6.07, 6.45) is -5.80. The fourth-order valence-corrected chi connectivity index (χ4v) is 2.29. The van der Waals surface area contributed by atoms with Crippen molar-refractivity contribution in [2.45, 2.75) is 30.7 Å². The summed E-state index contributed by atoms with van der Waals surface area (Å²) in [4.78, 5) is 0. The highest BCUT2D eigenvalue weighted by Crippen LogP contribution is 2.27. The molecule has 128 valence electrons. The summed E-state index contributed by atoms with van der Waals surface area (Å²) in [6, 6.07) is 6.63. The monoisotopic (exact) mass is 327 g/mol. The van der Waals surface area contributed by atoms with Gasteiger partial charge in [-0.25, -0.2) is 0 Å². The first-order valence-electron chi connectivity index (χ1n) is 7.65. The fourth-order valence-electron chi connectivity index (χ4n) is 2.29. The van der Waals surface area contributed by atoms with Gasteiger partial charge in [0.15, 0.2) is 0 Å². The van der Waals surface area contributed by atoms with Crippen molar-refractivity contribution in [1.29, 1.82) is 0 Å². The molecular weight excluding hydrogens is 304 g/mol. The Hall–Kier alpha value is -1.64. The van der Waals surface area contributed by atoms with Crippen LogP contribution in [-0.2, 0) is 9.47 Å². The van der Waals surface area contributed by atoms with Crippen molar-refractivity contribution >= 4 is 0 Å². The topological polar surface area (TPSA) is 97.6 Å². The zero-order valence-corrected chi connectivity index (χ0v) is 12.8. The van der Waals surface area contributed by atoms with E-state index in [0.29, 0.717) is 11.5 Å². The van der Waals surface area contributed by atoms with Crippen LogP contribution >= 0.6 is 0 Å². The van der Waals surface area contributed by atoms with E-state index in [1.165, 1.54) is 0 Å². The molecule has 5 atom stereocenters. The maximum Gasteiger partial charge on any atom is 0.229 e. The quantitative estimate of drug-likeness (QED) is 0.610. The molecule has 7 nitrogen and oxygen atoms in total. The molecule has 1 unspecified atom stereocenters. The summed E-state index contributed by atoms with van der Waals surface area (Å²) in [5, 5.41) is 29.8. The molecule has 0 spiro atoms. The summed E-state index contributed by atoms with van der Waals surface area (Å²) in [7, 11) is 1.54. The van der Waals surface area contributed by atoms with E-state index < -0.39 is 37.3 Å². The molecule has 1 aliphatic heterocycles. The zero-order valence-electron chi connectivity index (χ0n) is 13.8. The van der Waals surface area contributed by atoms with Crippen LogP contribution in [0.3, 0.4) is 0 Å². The molecule has 7 heteroatoms. The molecule has 0 amide bonds. The Bertz CT molecular complexity index is 536. The van der Waals surface area contributed by atoms with Gasteiger partial charge in [0.05, 0.1) is 21.7 Å². The highest BCUT2D eigenvalue weighted by molar-refractivity contribution is 5.31. The lowest BCUT2D eigenvalue weighted by atomic mass is 9.99. The molecule has 1 aliphatic rings. The molecule has 23 heavy (non-hydrogen) atoms. The first-order valence-corrected chi connectivity index (χ1v) is 7.15. The van der Waals surface area contributed by atoms with Crippen molar-refractivity contribution in [3.05, 3.63) is 36.9 Å². The van der Waals surface area contributed by atoms with Gasteiger partial charge in [0, 0.05) is 0 Å². The smallest absolute Gasteiger partial charge is 0.229 e. The molecule has 0 aliphatic carbocycles. The SMILES string of the molecule is [2H]C(=C)CO[C@H]1[C@@H](O)[C@@H](CO)OC(Oc2ccc(OC)cc2)[C@@H]1O. The van der Waals surface area contributed by atoms with Gasteiger partial charge in [-0.1, -0.05) is 6.05 Å². The van der Waals surface area contributed by atoms with Crippen LogP contribution in [0.15, 0.2) is 36.9 Å². The van der Waals surface area contributed by atoms with Gasteiger partial charge < -0.3 is 34.3 Å². The lowest BCUT2D eigenvalue weighted by molar-refractivity contribution is -0.284. The van der Waals surface area contributed by atoms with Crippen molar-refractivity contribution in [3.8, 4) is 11.5 Å². The summed E-state index contributed by atoms with van der Waals surface area (Å²) >= 11 is 0. The Morgan fingerprint density at radius 1 is 1.26 bits per heavy atom. The molecule has 1 fully saturated rings. The van der Waals surface area contributed by atoms with Crippen molar-refractivity contribution in [3.63, 3.8) is 0 Å². The number of hydrogen-bond donors (Lipinski definition) is 3. The number of methoxy groups -OCH3 is 1. The minimum absolute atomic E-state index is 0.00550. The van der Waals surface area contributed by atoms with Gasteiger partial charge in [-0.05, 0) is 24.3 Å². The number of ether oxygens (including phenoxy) is 4. The van der Waals surface area contributed by atoms with E-state index in [-0.39, 0.29) is 12.7 Å². The minimum Gasteiger partial charge on any atom is -0.497 e. The predicted molar refractivity (Wildman–Crippen MR) is 81.3 cm³/mol. The van der Waals surface area contributed by atoms with Gasteiger partial charge in [-0.2, -0.15) is 0 Å². The average Bonchev–Trinajstić information content (AvgIpc) is 2.57. The number of rotatable bonds is 7. The number of aliphatic hydroxyl groups excluding tert-OH is 3. The Morgan fingerprint density at radius 3 is 2.48 bits per heavy atom. The summed E-state index contributed by atoms with van der Waals surface area (Å²) in [5.41, 5.74) is 0. The normalized spacial score (nSPS) is 31.3. The summed E-state index contributed by atoms with van der Waals surface area (Å²) in [5.74, 6) is 1.06. The van der Waals surface area contributed by atoms with Crippen molar-refractivity contribution in [2.75, 3.05) is 20.3 Å². The van der Waals surface area contributed by atoms with Crippen LogP contribution in [0, 0.1) is 0 Å². The molecule has 0 radical (unpaired) electrons. The van der Waals surface area contributed by atoms with E-state index in [1.54, 1.807) is 31.4 Å². The Morgan fingerprint density at radius 2 is 1.91 bits per heavy atom. The van der Waals surface area contributed by atoms with E-state index in [4.69, 9.17) is 20.3 Å². The van der Waals surface area contributed by atoms with Gasteiger partial charge in [-0.15, -0.1) is 6.58 Å². The molecule has 0 bridgehead atoms. The Balaban J connectivity index is 2.10. The first-order chi connectivity index (χ1) is 11.5. The maximum absolute atomic E-state index is 10.4. The molecule has 1 saturated heterocycles. The molecule has 1 aromatic rings. The van der Waals surface area contributed by atoms with Crippen LogP contribution in [-0.4, -0.2) is 66.3 Å². The minimum atomic E-state index is -1.32. The molecule has 0 aromatic heterocycles. The van der Waals surface area contributed by atoms with Crippen molar-refractivity contribution in [1.82, 2.24) is 0 Å². The molecule has 3 N–H and O–H groups in total. The first kappa shape index (κ1) is 16.2. The third-order valence-electron chi connectivity index (χ3n) is 3.51. The molecule has 0 saturated carbocycles. The highest BCUT2D eigenvalue weighted by atomic mass is 16.7. The second-order valence-corrected chi connectivity index (χ2v) is 5.03. The largest absolute Gasteiger partial charge is 0.497 e. The third-order valence-corrected chi connectivity index (χ3v) is 3.51. The fraction of sp³-hybridized carbons (Fsp3) is 0.500. The number of hydrogen-bond acceptors (Lipinski definition) is 7. The third kappa shape index (κ3) is 4.21. The predicted octanol–water partition coefficient (Wildman–Crippen LogP) is 0.0842. The van der Waals surface area contributed by atoms with Crippen LogP contribution in [0.5, 0.6) is 11.5 Å². The summed E-state index contributed by atoms with van der Waals surface area (Å²) in [6.45, 7) is 2.75. The van der Waals surface area contributed by atoms with Crippen LogP contribution in [0.1, 0.15) is 1.37 Å². The second-order valence-electron chi connectivity index (χ2n) is 5.03. The highest BCUT2D eigenvalue weighted by Gasteiger charge is 2.46. The van der Waals surface area contributed by atoms with E-state index >= 15 is 0 Å². The van der Waals surface area contributed by atoms with Gasteiger partial charge in [-0.3, -0.25) is 0 Å². The van der Waals surface area contributed by atoms with E-state index in [9.17, 15) is 15.3 Å². The molecular formula is C16H22O7. The summed E-state index contributed by atoms with van der Waals surface area (Å²) < 4.78 is 28.7. The van der Waals surface area contributed by atoms with Gasteiger partial charge >= 0.3 is 0 Å². The standard InChI is InChI=1S/C16H22O7/c1-3-8-21-15-13(18)12(9-17)23-16(14(15)19)22-11-6-4-10(20-2)5-7-11/h3-7,12-19H,1,8-9H2,2H3/t12-,13+,14-,15+,16?/m1/s1/i3D. The lowest BCUT2D eigenvalue weighted by Crippen LogP contribution is -2.61. The van der Waals surface area contributed by atoms with E-state index in [2.05, 4.69) is 6.58 Å². The average molecular weight is 327 g/mol. The maximum atomic E-state index is 10.4. The van der Waals surface area contributed by atoms with Gasteiger partial charge in [0.1, 0.15) is 35.9 Å². The molecule has 1 aromatic carbocycles. The Kier molecular flexibility index (Phi) is 5.84. The number of aliphatic hydroxyl groups is 3. The van der Waals surface area contributed by atoms with Crippen molar-refractivity contribution in [2.24, 2.45) is 0 Å². The van der Waals surface area contributed by atoms with Gasteiger partial charge in [0.2, 0.25) is 6.29 Å². The Labute approximate surface area is 136 Å². The van der Waals surface area contributed by atoms with E-state index in [0.717, 1.165) is 0 Å². The van der Waals surface area contributed by atoms with Crippen LogP contribution in [0.4, 0.5) is 0 Å². The zero-order chi connectivity index (χ0) is 17.7. The number of benzene rings is 1. The lowest BCUT2D eigenvalue weighted by Gasteiger charge is -2.41. The van der Waals surface area contributed by atoms with E-state index in [1.807, 2.05) is 0 Å². The second kappa shape index (κ2) is 8.28. The molecule has 2 rings (SSSR count). The molecule has 1 heterocycles. The van der Waals surface area contributed by atoms with Crippen LogP contribution in [0.2, 0.25) is 0 Å². The van der Waals surface area contributed by atoms with Gasteiger partial charge in [0.25, 0.3) is 0 Å².